The Hall–Kier alpha value is -2.34. The first-order valence-corrected chi connectivity index (χ1v) is 5.97. The van der Waals surface area contributed by atoms with Crippen molar-refractivity contribution in [1.29, 1.82) is 0 Å². The number of carbonyl (C=O) groups excluding carboxylic acids is 1. The molecule has 0 aliphatic heterocycles. The molecule has 6 nitrogen and oxygen atoms in total. The van der Waals surface area contributed by atoms with Gasteiger partial charge in [0.25, 0.3) is 0 Å². The zero-order valence-electron chi connectivity index (χ0n) is 10.8. The third-order valence-corrected chi connectivity index (χ3v) is 3.03. The number of methoxy groups -OCH3 is 1. The second-order valence-electron chi connectivity index (χ2n) is 4.04. The molecule has 0 fully saturated rings. The average molecular weight is 295 g/mol. The van der Waals surface area contributed by atoms with Gasteiger partial charge in [-0.3, -0.25) is 4.68 Å². The number of aromatic carboxylic acids is 1. The van der Waals surface area contributed by atoms with Crippen molar-refractivity contribution >= 4 is 40.5 Å². The summed E-state index contributed by atoms with van der Waals surface area (Å²) in [5, 5.41) is 14.2. The van der Waals surface area contributed by atoms with Crippen molar-refractivity contribution in [2.75, 3.05) is 7.11 Å². The first-order chi connectivity index (χ1) is 9.43. The quantitative estimate of drug-likeness (QED) is 0.692. The van der Waals surface area contributed by atoms with E-state index in [9.17, 15) is 14.7 Å². The molecule has 0 unspecified atom stereocenters. The summed E-state index contributed by atoms with van der Waals surface area (Å²) in [7, 11) is 2.92. The van der Waals surface area contributed by atoms with E-state index in [-0.39, 0.29) is 16.1 Å². The molecule has 7 heteroatoms. The van der Waals surface area contributed by atoms with Crippen molar-refractivity contribution in [1.82, 2.24) is 9.78 Å². The molecule has 20 heavy (non-hydrogen) atoms. The van der Waals surface area contributed by atoms with Crippen LogP contribution in [0.15, 0.2) is 18.3 Å². The number of carboxylic acid groups (broad SMARTS) is 1. The third-order valence-electron chi connectivity index (χ3n) is 2.72. The molecule has 0 aliphatic rings. The Morgan fingerprint density at radius 1 is 1.50 bits per heavy atom. The van der Waals surface area contributed by atoms with Gasteiger partial charge in [0.1, 0.15) is 0 Å². The minimum Gasteiger partial charge on any atom is -0.478 e. The fourth-order valence-corrected chi connectivity index (χ4v) is 2.14. The van der Waals surface area contributed by atoms with E-state index in [1.807, 2.05) is 0 Å². The fraction of sp³-hybridized carbons (Fsp3) is 0.154. The lowest BCUT2D eigenvalue weighted by atomic mass is 10.0. The van der Waals surface area contributed by atoms with Gasteiger partial charge in [-0.25, -0.2) is 9.59 Å². The van der Waals surface area contributed by atoms with Crippen LogP contribution in [0, 0.1) is 0 Å². The van der Waals surface area contributed by atoms with Crippen molar-refractivity contribution in [2.45, 2.75) is 0 Å². The second-order valence-corrected chi connectivity index (χ2v) is 4.45. The maximum Gasteiger partial charge on any atom is 0.337 e. The molecule has 0 amide bonds. The maximum atomic E-state index is 11.5. The van der Waals surface area contributed by atoms with Gasteiger partial charge in [0.2, 0.25) is 0 Å². The van der Waals surface area contributed by atoms with Crippen molar-refractivity contribution in [2.24, 2.45) is 7.05 Å². The van der Waals surface area contributed by atoms with Crippen LogP contribution in [0.4, 0.5) is 0 Å². The molecule has 1 N–H and O–H groups in total. The van der Waals surface area contributed by atoms with Gasteiger partial charge in [0.05, 0.1) is 23.2 Å². The van der Waals surface area contributed by atoms with Crippen LogP contribution in [0.3, 0.4) is 0 Å². The predicted octanol–water partition coefficient (Wildman–Crippen LogP) is 2.11. The lowest BCUT2D eigenvalue weighted by Gasteiger charge is -2.05. The number of ether oxygens (including phenoxy) is 1. The summed E-state index contributed by atoms with van der Waals surface area (Å²) in [6, 6.07) is 1.56. The molecule has 104 valence electrons. The molecule has 2 rings (SSSR count). The molecule has 0 atom stereocenters. The summed E-state index contributed by atoms with van der Waals surface area (Å²) in [5.41, 5.74) is 0.718. The van der Waals surface area contributed by atoms with E-state index < -0.39 is 11.9 Å². The fourth-order valence-electron chi connectivity index (χ4n) is 1.88. The van der Waals surface area contributed by atoms with E-state index in [4.69, 9.17) is 11.6 Å². The molecule has 0 aliphatic carbocycles. The maximum absolute atomic E-state index is 11.5. The topological polar surface area (TPSA) is 81.4 Å². The minimum atomic E-state index is -1.14. The van der Waals surface area contributed by atoms with Gasteiger partial charge in [-0.15, -0.1) is 0 Å². The molecular weight excluding hydrogens is 284 g/mol. The van der Waals surface area contributed by atoms with Gasteiger partial charge in [-0.1, -0.05) is 11.6 Å². The number of benzene rings is 1. The smallest absolute Gasteiger partial charge is 0.337 e. The molecule has 0 spiro atoms. The number of carbonyl (C=O) groups is 2. The summed E-state index contributed by atoms with van der Waals surface area (Å²) in [6.45, 7) is 0. The number of nitrogens with zero attached hydrogens (tertiary/aromatic N) is 2. The highest BCUT2D eigenvalue weighted by Gasteiger charge is 2.18. The molecule has 0 bridgehead atoms. The zero-order valence-corrected chi connectivity index (χ0v) is 11.5. The molecule has 1 aromatic heterocycles. The number of aromatic nitrogens is 2. The van der Waals surface area contributed by atoms with E-state index in [2.05, 4.69) is 9.84 Å². The Morgan fingerprint density at radius 2 is 2.20 bits per heavy atom. The van der Waals surface area contributed by atoms with Gasteiger partial charge < -0.3 is 9.84 Å². The molecule has 0 saturated carbocycles. The van der Waals surface area contributed by atoms with E-state index >= 15 is 0 Å². The van der Waals surface area contributed by atoms with E-state index in [1.165, 1.54) is 17.9 Å². The number of rotatable bonds is 3. The highest BCUT2D eigenvalue weighted by Crippen LogP contribution is 2.29. The van der Waals surface area contributed by atoms with Gasteiger partial charge >= 0.3 is 11.9 Å². The van der Waals surface area contributed by atoms with Crippen LogP contribution in [-0.4, -0.2) is 33.9 Å². The number of aryl methyl sites for hydroxylation is 1. The van der Waals surface area contributed by atoms with Crippen molar-refractivity contribution in [3.8, 4) is 0 Å². The number of hydrogen-bond acceptors (Lipinski definition) is 4. The number of halogens is 1. The summed E-state index contributed by atoms with van der Waals surface area (Å²) < 4.78 is 5.97. The zero-order chi connectivity index (χ0) is 14.9. The van der Waals surface area contributed by atoms with Crippen LogP contribution >= 0.6 is 11.6 Å². The molecule has 1 aromatic carbocycles. The SMILES string of the molecule is COC(=O)/C=C/c1c(Cl)cc2nn(C)cc2c1C(=O)O. The number of esters is 1. The Kier molecular flexibility index (Phi) is 3.76. The van der Waals surface area contributed by atoms with Gasteiger partial charge in [-0.2, -0.15) is 5.10 Å². The van der Waals surface area contributed by atoms with Crippen LogP contribution < -0.4 is 0 Å². The van der Waals surface area contributed by atoms with Gasteiger partial charge in [0.15, 0.2) is 0 Å². The second kappa shape index (κ2) is 5.34. The van der Waals surface area contributed by atoms with Gasteiger partial charge in [0, 0.05) is 30.3 Å². The molecule has 1 heterocycles. The van der Waals surface area contributed by atoms with Gasteiger partial charge in [-0.05, 0) is 12.1 Å². The van der Waals surface area contributed by atoms with E-state index in [1.54, 1.807) is 19.3 Å². The summed E-state index contributed by atoms with van der Waals surface area (Å²) in [5.74, 6) is -1.74. The molecule has 2 aromatic rings. The predicted molar refractivity (Wildman–Crippen MR) is 73.7 cm³/mol. The Bertz CT molecular complexity index is 734. The number of carboxylic acids is 1. The van der Waals surface area contributed by atoms with E-state index in [0.29, 0.717) is 10.9 Å². The van der Waals surface area contributed by atoms with E-state index in [0.717, 1.165) is 6.08 Å². The first kappa shape index (κ1) is 14.1. The lowest BCUT2D eigenvalue weighted by molar-refractivity contribution is -0.134. The molecular formula is C13H11ClN2O4. The highest BCUT2D eigenvalue weighted by atomic mass is 35.5. The molecule has 0 saturated heterocycles. The lowest BCUT2D eigenvalue weighted by Crippen LogP contribution is -2.02. The summed E-state index contributed by atoms with van der Waals surface area (Å²) >= 11 is 6.07. The first-order valence-electron chi connectivity index (χ1n) is 5.59. The third kappa shape index (κ3) is 2.50. The Morgan fingerprint density at radius 3 is 2.80 bits per heavy atom. The largest absolute Gasteiger partial charge is 0.478 e. The van der Waals surface area contributed by atoms with Crippen LogP contribution in [0.1, 0.15) is 15.9 Å². The van der Waals surface area contributed by atoms with Crippen LogP contribution in [0.25, 0.3) is 17.0 Å². The Labute approximate surface area is 119 Å². The normalized spacial score (nSPS) is 11.2. The average Bonchev–Trinajstić information content (AvgIpc) is 2.74. The number of hydrogen-bond donors (Lipinski definition) is 1. The standard InChI is InChI=1S/C13H11ClN2O4/c1-16-6-8-10(15-16)5-9(14)7(12(8)13(18)19)3-4-11(17)20-2/h3-6H,1-2H3,(H,18,19)/b4-3+. The highest BCUT2D eigenvalue weighted by molar-refractivity contribution is 6.34. The van der Waals surface area contributed by atoms with Crippen LogP contribution in [-0.2, 0) is 16.6 Å². The Balaban J connectivity index is 2.72. The van der Waals surface area contributed by atoms with Crippen molar-refractivity contribution in [3.05, 3.63) is 34.5 Å². The monoisotopic (exact) mass is 294 g/mol. The molecule has 0 radical (unpaired) electrons. The number of fused-ring (bicyclic) bond motifs is 1. The van der Waals surface area contributed by atoms with Crippen molar-refractivity contribution in [3.63, 3.8) is 0 Å². The van der Waals surface area contributed by atoms with Crippen LogP contribution in [0.2, 0.25) is 5.02 Å². The summed E-state index contributed by atoms with van der Waals surface area (Å²) in [6.07, 6.45) is 4.03. The minimum absolute atomic E-state index is 0.000697. The summed E-state index contributed by atoms with van der Waals surface area (Å²) in [4.78, 5) is 22.6. The van der Waals surface area contributed by atoms with Crippen molar-refractivity contribution < 1.29 is 19.4 Å². The van der Waals surface area contributed by atoms with Crippen LogP contribution in [0.5, 0.6) is 0 Å².